The Balaban J connectivity index is 1.42. The van der Waals surface area contributed by atoms with Gasteiger partial charge in [-0.05, 0) is 25.0 Å². The van der Waals surface area contributed by atoms with Gasteiger partial charge >= 0.3 is 0 Å². The predicted octanol–water partition coefficient (Wildman–Crippen LogP) is 1.17. The molecule has 0 saturated carbocycles. The average molecular weight is 452 g/mol. The van der Waals surface area contributed by atoms with Crippen LogP contribution in [0.2, 0.25) is 0 Å². The van der Waals surface area contributed by atoms with Gasteiger partial charge in [0.25, 0.3) is 0 Å². The summed E-state index contributed by atoms with van der Waals surface area (Å²) in [4.78, 5) is 28.6. The van der Waals surface area contributed by atoms with Crippen molar-refractivity contribution in [3.05, 3.63) is 18.2 Å². The Morgan fingerprint density at radius 2 is 1.87 bits per heavy atom. The Labute approximate surface area is 180 Å². The van der Waals surface area contributed by atoms with Crippen molar-refractivity contribution < 1.29 is 18.0 Å². The molecule has 1 atom stereocenters. The molecule has 2 amide bonds. The number of hydrogen-bond acceptors (Lipinski definition) is 7. The van der Waals surface area contributed by atoms with Gasteiger partial charge in [0, 0.05) is 45.7 Å². The second-order valence-corrected chi connectivity index (χ2v) is 10.1. The number of sulfonamides is 1. The molecule has 30 heavy (non-hydrogen) atoms. The van der Waals surface area contributed by atoms with Gasteiger partial charge in [0.05, 0.1) is 17.6 Å². The molecule has 1 aromatic heterocycles. The summed E-state index contributed by atoms with van der Waals surface area (Å²) < 4.78 is 36.0. The first-order valence-electron chi connectivity index (χ1n) is 10.2. The van der Waals surface area contributed by atoms with Crippen molar-refractivity contribution in [3.8, 4) is 0 Å². The molecule has 0 aliphatic carbocycles. The molecule has 9 nitrogen and oxygen atoms in total. The fourth-order valence-electron chi connectivity index (χ4n) is 4.16. The molecule has 2 aliphatic rings. The number of piperidine rings is 1. The average Bonchev–Trinajstić information content (AvgIpc) is 3.27. The molecule has 1 aromatic carbocycles. The Bertz CT molecular complexity index is 1050. The van der Waals surface area contributed by atoms with Crippen molar-refractivity contribution in [3.63, 3.8) is 0 Å². The van der Waals surface area contributed by atoms with E-state index in [0.29, 0.717) is 43.6 Å². The maximum absolute atomic E-state index is 13.1. The van der Waals surface area contributed by atoms with Gasteiger partial charge in [-0.3, -0.25) is 9.59 Å². The number of carbonyl (C=O) groups is 2. The molecule has 2 aromatic rings. The van der Waals surface area contributed by atoms with Crippen LogP contribution in [0, 0.1) is 5.92 Å². The number of benzene rings is 1. The van der Waals surface area contributed by atoms with Crippen LogP contribution >= 0.6 is 11.7 Å². The number of aromatic nitrogens is 2. The highest BCUT2D eigenvalue weighted by molar-refractivity contribution is 7.89. The second-order valence-electron chi connectivity index (χ2n) is 7.65. The van der Waals surface area contributed by atoms with Gasteiger partial charge in [-0.15, -0.1) is 0 Å². The van der Waals surface area contributed by atoms with Crippen LogP contribution in [0.1, 0.15) is 26.2 Å². The van der Waals surface area contributed by atoms with E-state index in [-0.39, 0.29) is 35.7 Å². The summed E-state index contributed by atoms with van der Waals surface area (Å²) in [5.41, 5.74) is 0.960. The monoisotopic (exact) mass is 451 g/mol. The van der Waals surface area contributed by atoms with Crippen molar-refractivity contribution in [2.75, 3.05) is 39.3 Å². The molecule has 2 aliphatic heterocycles. The van der Waals surface area contributed by atoms with E-state index in [1.807, 2.05) is 6.92 Å². The van der Waals surface area contributed by atoms with E-state index in [1.165, 1.54) is 4.31 Å². The predicted molar refractivity (Wildman–Crippen MR) is 112 cm³/mol. The first kappa shape index (κ1) is 21.1. The molecule has 2 saturated heterocycles. The number of nitrogens with zero attached hydrogens (tertiary/aromatic N) is 5. The lowest BCUT2D eigenvalue weighted by Crippen LogP contribution is -2.54. The van der Waals surface area contributed by atoms with E-state index in [1.54, 1.807) is 28.0 Å². The Hall–Kier alpha value is -2.11. The maximum atomic E-state index is 13.1. The topological polar surface area (TPSA) is 104 Å². The van der Waals surface area contributed by atoms with E-state index < -0.39 is 10.0 Å². The lowest BCUT2D eigenvalue weighted by atomic mass is 9.96. The SMILES string of the molecule is CCC(=O)N1CCCC(C(=O)N2CCN(S(=O)(=O)c3cccc4nsnc34)CC2)C1. The minimum Gasteiger partial charge on any atom is -0.342 e. The smallest absolute Gasteiger partial charge is 0.245 e. The molecular weight excluding hydrogens is 426 g/mol. The molecule has 162 valence electrons. The summed E-state index contributed by atoms with van der Waals surface area (Å²) in [5, 5.41) is 0. The van der Waals surface area contributed by atoms with E-state index in [9.17, 15) is 18.0 Å². The van der Waals surface area contributed by atoms with Crippen molar-refractivity contribution in [1.29, 1.82) is 0 Å². The van der Waals surface area contributed by atoms with Gasteiger partial charge < -0.3 is 9.80 Å². The molecule has 0 spiro atoms. The second kappa shape index (κ2) is 8.56. The normalized spacial score (nSPS) is 21.2. The van der Waals surface area contributed by atoms with Crippen LogP contribution in [0.5, 0.6) is 0 Å². The van der Waals surface area contributed by atoms with Gasteiger partial charge in [-0.25, -0.2) is 8.42 Å². The zero-order chi connectivity index (χ0) is 21.3. The highest BCUT2D eigenvalue weighted by Gasteiger charge is 2.35. The molecule has 0 radical (unpaired) electrons. The van der Waals surface area contributed by atoms with E-state index >= 15 is 0 Å². The standard InChI is InChI=1S/C19H25N5O4S2/c1-2-17(25)23-8-4-5-14(13-23)19(26)22-9-11-24(12-10-22)30(27,28)16-7-3-6-15-18(16)21-29-20-15/h3,6-7,14H,2,4-5,8-13H2,1H3. The zero-order valence-corrected chi connectivity index (χ0v) is 18.5. The number of carbonyl (C=O) groups excluding carboxylic acids is 2. The largest absolute Gasteiger partial charge is 0.342 e. The summed E-state index contributed by atoms with van der Waals surface area (Å²) in [6, 6.07) is 4.96. The summed E-state index contributed by atoms with van der Waals surface area (Å²) >= 11 is 0.990. The summed E-state index contributed by atoms with van der Waals surface area (Å²) in [6.07, 6.45) is 2.03. The first-order chi connectivity index (χ1) is 14.4. The molecule has 2 fully saturated rings. The highest BCUT2D eigenvalue weighted by Crippen LogP contribution is 2.26. The maximum Gasteiger partial charge on any atom is 0.245 e. The van der Waals surface area contributed by atoms with Crippen molar-refractivity contribution in [2.45, 2.75) is 31.1 Å². The van der Waals surface area contributed by atoms with Gasteiger partial charge in [0.15, 0.2) is 0 Å². The third kappa shape index (κ3) is 3.93. The Morgan fingerprint density at radius 1 is 1.10 bits per heavy atom. The van der Waals surface area contributed by atoms with Crippen LogP contribution in [-0.4, -0.2) is 82.4 Å². The molecule has 0 bridgehead atoms. The lowest BCUT2D eigenvalue weighted by Gasteiger charge is -2.38. The highest BCUT2D eigenvalue weighted by atomic mass is 32.2. The van der Waals surface area contributed by atoms with Crippen molar-refractivity contribution in [2.24, 2.45) is 5.92 Å². The van der Waals surface area contributed by atoms with Gasteiger partial charge in [-0.2, -0.15) is 13.1 Å². The minimum absolute atomic E-state index is 0.0199. The Morgan fingerprint density at radius 3 is 2.60 bits per heavy atom. The van der Waals surface area contributed by atoms with Gasteiger partial charge in [0.1, 0.15) is 15.9 Å². The molecular formula is C19H25N5O4S2. The van der Waals surface area contributed by atoms with Crippen molar-refractivity contribution >= 4 is 44.6 Å². The summed E-state index contributed by atoms with van der Waals surface area (Å²) in [7, 11) is -3.71. The molecule has 3 heterocycles. The summed E-state index contributed by atoms with van der Waals surface area (Å²) in [5.74, 6) is -0.104. The lowest BCUT2D eigenvalue weighted by molar-refractivity contribution is -0.141. The van der Waals surface area contributed by atoms with Crippen LogP contribution in [0.15, 0.2) is 23.1 Å². The van der Waals surface area contributed by atoms with E-state index in [2.05, 4.69) is 8.75 Å². The Kier molecular flexibility index (Phi) is 6.03. The third-order valence-corrected chi connectivity index (χ3v) is 8.32. The van der Waals surface area contributed by atoms with Crippen LogP contribution in [-0.2, 0) is 19.6 Å². The van der Waals surface area contributed by atoms with Crippen LogP contribution in [0.25, 0.3) is 11.0 Å². The summed E-state index contributed by atoms with van der Waals surface area (Å²) in [6.45, 7) is 4.18. The van der Waals surface area contributed by atoms with Crippen molar-refractivity contribution in [1.82, 2.24) is 22.9 Å². The van der Waals surface area contributed by atoms with E-state index in [4.69, 9.17) is 0 Å². The quantitative estimate of drug-likeness (QED) is 0.691. The molecule has 11 heteroatoms. The van der Waals surface area contributed by atoms with Gasteiger partial charge in [0.2, 0.25) is 21.8 Å². The fraction of sp³-hybridized carbons (Fsp3) is 0.579. The number of piperazine rings is 1. The van der Waals surface area contributed by atoms with Crippen LogP contribution in [0.4, 0.5) is 0 Å². The number of fused-ring (bicyclic) bond motifs is 1. The number of rotatable bonds is 4. The molecule has 0 N–H and O–H groups in total. The number of likely N-dealkylation sites (tertiary alicyclic amines) is 1. The number of hydrogen-bond donors (Lipinski definition) is 0. The fourth-order valence-corrected chi connectivity index (χ4v) is 6.34. The van der Waals surface area contributed by atoms with Crippen LogP contribution < -0.4 is 0 Å². The zero-order valence-electron chi connectivity index (χ0n) is 16.9. The molecule has 1 unspecified atom stereocenters. The van der Waals surface area contributed by atoms with Gasteiger partial charge in [-0.1, -0.05) is 13.0 Å². The van der Waals surface area contributed by atoms with E-state index in [0.717, 1.165) is 24.6 Å². The minimum atomic E-state index is -3.71. The van der Waals surface area contributed by atoms with Crippen LogP contribution in [0.3, 0.4) is 0 Å². The first-order valence-corrected chi connectivity index (χ1v) is 12.4. The molecule has 4 rings (SSSR count). The third-order valence-electron chi connectivity index (χ3n) is 5.84. The number of amides is 2.